The number of methoxy groups -OCH3 is 1. The first-order valence-corrected chi connectivity index (χ1v) is 33.1. The number of carboxylic acids is 1. The standard InChI is InChI=1S/C77H82N10O10/c1-50-73(94-47-57-17-11-7-12-18-57)71(75(90)80-46-70(88)89)84-68(81-50)42-55-33-37-86(38-34-55)64-29-23-60(24-30-64)66-32-26-62(45-79-66)53(4)97-77(92)67(41-54-15-9-6-10-16-54)83-76(91)72-74(95-48-58-19-13-8-14-20-58)51(2)82-69(85-72)43-56-35-39-87(40-36-56)63-27-21-59(22-28-63)65-31-25-61(44-78-65)52(3)96-49-93-5/h6-32,44-45,52-53,55-56,67H,33-43,46-49H2,1-5H3,(H,80,90)(H,83,91)(H,88,89). The van der Waals surface area contributed by atoms with E-state index in [1.54, 1.807) is 27.2 Å². The predicted octanol–water partition coefficient (Wildman–Crippen LogP) is 12.2. The van der Waals surface area contributed by atoms with Crippen LogP contribution in [0.3, 0.4) is 0 Å². The Morgan fingerprint density at radius 3 is 1.42 bits per heavy atom. The normalized spacial score (nSPS) is 14.4. The van der Waals surface area contributed by atoms with Crippen LogP contribution in [0.2, 0.25) is 0 Å². The van der Waals surface area contributed by atoms with Gasteiger partial charge in [0.1, 0.15) is 50.3 Å². The van der Waals surface area contributed by atoms with E-state index in [-0.39, 0.29) is 67.3 Å². The molecule has 11 rings (SSSR count). The molecule has 5 aromatic carbocycles. The molecule has 2 aliphatic heterocycles. The van der Waals surface area contributed by atoms with Gasteiger partial charge in [-0.3, -0.25) is 24.4 Å². The van der Waals surface area contributed by atoms with Gasteiger partial charge in [0.15, 0.2) is 22.9 Å². The lowest BCUT2D eigenvalue weighted by molar-refractivity contribution is -0.151. The maximum Gasteiger partial charge on any atom is 0.329 e. The summed E-state index contributed by atoms with van der Waals surface area (Å²) in [5.41, 5.74) is 11.2. The summed E-state index contributed by atoms with van der Waals surface area (Å²) in [6, 6.07) is 52.3. The molecule has 3 unspecified atom stereocenters. The van der Waals surface area contributed by atoms with Crippen molar-refractivity contribution in [3.05, 3.63) is 238 Å². The minimum Gasteiger partial charge on any atom is -0.485 e. The molecule has 20 nitrogen and oxygen atoms in total. The van der Waals surface area contributed by atoms with E-state index < -0.39 is 42.4 Å². The second-order valence-corrected chi connectivity index (χ2v) is 24.8. The first-order chi connectivity index (χ1) is 47.2. The number of hydrogen-bond donors (Lipinski definition) is 3. The van der Waals surface area contributed by atoms with Crippen molar-refractivity contribution in [2.24, 2.45) is 11.8 Å². The first-order valence-electron chi connectivity index (χ1n) is 33.1. The number of esters is 1. The molecule has 500 valence electrons. The van der Waals surface area contributed by atoms with Gasteiger partial charge in [0.05, 0.1) is 28.9 Å². The molecule has 3 N–H and O–H groups in total. The molecule has 6 heterocycles. The number of hydrogen-bond acceptors (Lipinski definition) is 17. The topological polar surface area (TPSA) is 243 Å². The quantitative estimate of drug-likeness (QED) is 0.0305. The molecule has 2 saturated heterocycles. The Bertz CT molecular complexity index is 4080. The van der Waals surface area contributed by atoms with Gasteiger partial charge in [0.2, 0.25) is 0 Å². The lowest BCUT2D eigenvalue weighted by atomic mass is 9.92. The lowest BCUT2D eigenvalue weighted by Crippen LogP contribution is -2.44. The highest BCUT2D eigenvalue weighted by Crippen LogP contribution is 2.33. The third-order valence-electron chi connectivity index (χ3n) is 17.8. The van der Waals surface area contributed by atoms with Gasteiger partial charge in [-0.15, -0.1) is 0 Å². The van der Waals surface area contributed by atoms with Gasteiger partial charge >= 0.3 is 11.9 Å². The number of anilines is 2. The van der Waals surface area contributed by atoms with Gasteiger partial charge in [-0.2, -0.15) is 0 Å². The van der Waals surface area contributed by atoms with Crippen molar-refractivity contribution in [1.82, 2.24) is 40.5 Å². The molecule has 2 aliphatic rings. The molecule has 4 aromatic heterocycles. The Morgan fingerprint density at radius 1 is 0.546 bits per heavy atom. The number of carboxylic acid groups (broad SMARTS) is 1. The van der Waals surface area contributed by atoms with Crippen LogP contribution in [0.15, 0.2) is 176 Å². The Morgan fingerprint density at radius 2 is 0.990 bits per heavy atom. The molecule has 2 fully saturated rings. The molecule has 9 aromatic rings. The summed E-state index contributed by atoms with van der Waals surface area (Å²) in [5.74, 6) is -0.952. The summed E-state index contributed by atoms with van der Waals surface area (Å²) >= 11 is 0. The van der Waals surface area contributed by atoms with E-state index in [2.05, 4.69) is 61.8 Å². The monoisotopic (exact) mass is 1310 g/mol. The van der Waals surface area contributed by atoms with Crippen molar-refractivity contribution >= 4 is 35.1 Å². The fraction of sp³-hybridized carbons (Fsp3) is 0.325. The van der Waals surface area contributed by atoms with Gasteiger partial charge < -0.3 is 49.2 Å². The number of aryl methyl sites for hydroxylation is 2. The number of piperidine rings is 2. The van der Waals surface area contributed by atoms with Crippen molar-refractivity contribution in [3.8, 4) is 34.0 Å². The van der Waals surface area contributed by atoms with Crippen molar-refractivity contribution in [2.45, 2.75) is 104 Å². The molecule has 0 radical (unpaired) electrons. The Kier molecular flexibility index (Phi) is 23.0. The van der Waals surface area contributed by atoms with Gasteiger partial charge in [0, 0.05) is 93.0 Å². The minimum absolute atomic E-state index is 0.0200. The third kappa shape index (κ3) is 18.3. The van der Waals surface area contributed by atoms with E-state index in [0.717, 1.165) is 108 Å². The van der Waals surface area contributed by atoms with Crippen LogP contribution >= 0.6 is 0 Å². The van der Waals surface area contributed by atoms with E-state index in [4.69, 9.17) is 48.6 Å². The summed E-state index contributed by atoms with van der Waals surface area (Å²) in [6.07, 6.45) is 7.54. The minimum atomic E-state index is -1.16. The Balaban J connectivity index is 0.709. The number of benzene rings is 5. The first kappa shape index (κ1) is 68.0. The van der Waals surface area contributed by atoms with E-state index >= 15 is 0 Å². The molecular weight excluding hydrogens is 1220 g/mol. The van der Waals surface area contributed by atoms with E-state index in [1.165, 1.54) is 0 Å². The van der Waals surface area contributed by atoms with Crippen LogP contribution in [0.25, 0.3) is 22.5 Å². The number of nitrogens with zero attached hydrogens (tertiary/aromatic N) is 8. The molecule has 0 spiro atoms. The highest BCUT2D eigenvalue weighted by molar-refractivity contribution is 5.98. The number of pyridine rings is 2. The highest BCUT2D eigenvalue weighted by atomic mass is 16.7. The largest absolute Gasteiger partial charge is 0.485 e. The number of amides is 2. The number of aromatic nitrogens is 6. The van der Waals surface area contributed by atoms with Gasteiger partial charge in [-0.1, -0.05) is 127 Å². The SMILES string of the molecule is COCOC(C)c1ccc(-c2ccc(N3CCC(Cc4nc(C)c(OCc5ccccc5)c(C(=O)NC(Cc5ccccc5)C(=O)OC(C)c5ccc(-c6ccc(N7CCC(Cc8nc(C)c(OCc9ccccc9)c(C(=O)NCC(=O)O)n8)CC7)cc6)nc5)n4)CC3)cc2)nc1. The van der Waals surface area contributed by atoms with Crippen LogP contribution < -0.4 is 29.9 Å². The fourth-order valence-corrected chi connectivity index (χ4v) is 12.3. The van der Waals surface area contributed by atoms with E-state index in [0.29, 0.717) is 41.4 Å². The highest BCUT2D eigenvalue weighted by Gasteiger charge is 2.31. The van der Waals surface area contributed by atoms with Crippen LogP contribution in [-0.4, -0.2) is 111 Å². The van der Waals surface area contributed by atoms with Crippen molar-refractivity contribution < 1.29 is 48.0 Å². The van der Waals surface area contributed by atoms with Gasteiger partial charge in [-0.05, 0) is 124 Å². The molecule has 3 atom stereocenters. The predicted molar refractivity (Wildman–Crippen MR) is 369 cm³/mol. The van der Waals surface area contributed by atoms with Crippen LogP contribution in [0.4, 0.5) is 11.4 Å². The maximum atomic E-state index is 14.9. The number of nitrogens with one attached hydrogen (secondary N) is 2. The van der Waals surface area contributed by atoms with Crippen LogP contribution in [0.5, 0.6) is 11.5 Å². The average Bonchev–Trinajstić information content (AvgIpc) is 0.871. The summed E-state index contributed by atoms with van der Waals surface area (Å²) in [4.78, 5) is 87.5. The lowest BCUT2D eigenvalue weighted by Gasteiger charge is -2.33. The van der Waals surface area contributed by atoms with Crippen LogP contribution in [-0.2, 0) is 56.3 Å². The second-order valence-electron chi connectivity index (χ2n) is 24.8. The van der Waals surface area contributed by atoms with Gasteiger partial charge in [0.25, 0.3) is 11.8 Å². The summed E-state index contributed by atoms with van der Waals surface area (Å²) in [6.45, 7) is 10.7. The molecule has 0 saturated carbocycles. The zero-order valence-electron chi connectivity index (χ0n) is 55.4. The summed E-state index contributed by atoms with van der Waals surface area (Å²) in [5, 5.41) is 14.7. The van der Waals surface area contributed by atoms with Crippen LogP contribution in [0, 0.1) is 25.7 Å². The van der Waals surface area contributed by atoms with E-state index in [9.17, 15) is 24.3 Å². The second kappa shape index (κ2) is 32.8. The van der Waals surface area contributed by atoms with Crippen molar-refractivity contribution in [2.75, 3.05) is 56.4 Å². The molecule has 20 heteroatoms. The van der Waals surface area contributed by atoms with Crippen molar-refractivity contribution in [3.63, 3.8) is 0 Å². The molecular formula is C77H82N10O10. The molecule has 97 heavy (non-hydrogen) atoms. The molecule has 0 aliphatic carbocycles. The average molecular weight is 1310 g/mol. The summed E-state index contributed by atoms with van der Waals surface area (Å²) in [7, 11) is 1.61. The number of aliphatic carboxylic acids is 1. The number of rotatable bonds is 28. The Labute approximate surface area is 565 Å². The van der Waals surface area contributed by atoms with E-state index in [1.807, 2.05) is 147 Å². The smallest absolute Gasteiger partial charge is 0.329 e. The molecule has 0 bridgehead atoms. The third-order valence-corrected chi connectivity index (χ3v) is 17.8. The molecule has 2 amide bonds. The maximum absolute atomic E-state index is 14.9. The summed E-state index contributed by atoms with van der Waals surface area (Å²) < 4.78 is 29.4. The fourth-order valence-electron chi connectivity index (χ4n) is 12.3. The number of carbonyl (C=O) groups is 4. The number of ether oxygens (including phenoxy) is 5. The zero-order chi connectivity index (χ0) is 67.6. The van der Waals surface area contributed by atoms with Crippen molar-refractivity contribution in [1.29, 1.82) is 0 Å². The van der Waals surface area contributed by atoms with Crippen LogP contribution in [0.1, 0.15) is 124 Å². The number of carbonyl (C=O) groups excluding carboxylic acids is 3. The zero-order valence-corrected chi connectivity index (χ0v) is 55.4. The van der Waals surface area contributed by atoms with Gasteiger partial charge in [-0.25, -0.2) is 24.7 Å². The Hall–Kier alpha value is -10.4.